The van der Waals surface area contributed by atoms with E-state index in [-0.39, 0.29) is 27.1 Å². The van der Waals surface area contributed by atoms with Gasteiger partial charge in [-0.15, -0.1) is 10.2 Å². The van der Waals surface area contributed by atoms with Crippen LogP contribution >= 0.6 is 23.4 Å². The van der Waals surface area contributed by atoms with Gasteiger partial charge in [0.15, 0.2) is 11.9 Å². The number of halogens is 1. The highest BCUT2D eigenvalue weighted by atomic mass is 35.5. The minimum atomic E-state index is -0.892. The zero-order chi connectivity index (χ0) is 17.9. The Morgan fingerprint density at radius 3 is 2.79 bits per heavy atom. The third kappa shape index (κ3) is 3.71. The third-order valence-electron chi connectivity index (χ3n) is 2.96. The lowest BCUT2D eigenvalue weighted by molar-refractivity contribution is -0.384. The largest absolute Gasteiger partial charge is 0.440 e. The number of benzene rings is 1. The monoisotopic (exact) mass is 370 g/mol. The van der Waals surface area contributed by atoms with Crippen LogP contribution in [0.1, 0.15) is 16.1 Å². The van der Waals surface area contributed by atoms with Crippen molar-refractivity contribution in [3.8, 4) is 0 Å². The first kappa shape index (κ1) is 17.9. The molecule has 0 saturated heterocycles. The lowest BCUT2D eigenvalue weighted by atomic mass is 10.2. The number of hydrogen-bond donors (Lipinski definition) is 0. The van der Waals surface area contributed by atoms with E-state index in [0.29, 0.717) is 0 Å². The zero-order valence-electron chi connectivity index (χ0n) is 12.6. The molecule has 24 heavy (non-hydrogen) atoms. The molecule has 0 atom stereocenters. The molecule has 0 N–H and O–H groups in total. The van der Waals surface area contributed by atoms with Gasteiger partial charge >= 0.3 is 5.97 Å². The van der Waals surface area contributed by atoms with Crippen LogP contribution in [0.3, 0.4) is 0 Å². The molecule has 0 spiro atoms. The van der Waals surface area contributed by atoms with Crippen LogP contribution in [0.5, 0.6) is 0 Å². The number of esters is 1. The van der Waals surface area contributed by atoms with E-state index in [0.717, 1.165) is 22.4 Å². The molecule has 1 heterocycles. The maximum atomic E-state index is 12.1. The predicted octanol–water partition coefficient (Wildman–Crippen LogP) is 2.04. The maximum absolute atomic E-state index is 12.1. The Balaban J connectivity index is 2.26. The molecule has 0 unspecified atom stereocenters. The quantitative estimate of drug-likeness (QED) is 0.339. The average molecular weight is 371 g/mol. The molecule has 0 fully saturated rings. The van der Waals surface area contributed by atoms with Gasteiger partial charge in [-0.2, -0.15) is 0 Å². The summed E-state index contributed by atoms with van der Waals surface area (Å²) in [6.45, 7) is 1.07. The Kier molecular flexibility index (Phi) is 5.52. The van der Waals surface area contributed by atoms with E-state index in [4.69, 9.17) is 16.3 Å². The lowest BCUT2D eigenvalue weighted by Crippen LogP contribution is -2.28. The minimum Gasteiger partial charge on any atom is -0.440 e. The first-order valence-electron chi connectivity index (χ1n) is 6.44. The van der Waals surface area contributed by atoms with Crippen LogP contribution in [0.2, 0.25) is 5.02 Å². The molecule has 11 heteroatoms. The van der Waals surface area contributed by atoms with Crippen LogP contribution < -0.4 is 5.56 Å². The number of nitro groups is 1. The second kappa shape index (κ2) is 7.41. The van der Waals surface area contributed by atoms with Crippen LogP contribution in [-0.2, 0) is 11.5 Å². The van der Waals surface area contributed by atoms with E-state index in [2.05, 4.69) is 10.2 Å². The molecule has 0 aliphatic carbocycles. The van der Waals surface area contributed by atoms with E-state index < -0.39 is 23.2 Å². The summed E-state index contributed by atoms with van der Waals surface area (Å²) in [6, 6.07) is 3.42. The number of thioether (sulfide) groups is 1. The minimum absolute atomic E-state index is 0.00655. The summed E-state index contributed by atoms with van der Waals surface area (Å²) in [4.78, 5) is 34.3. The number of carbonyl (C=O) groups is 1. The van der Waals surface area contributed by atoms with Gasteiger partial charge in [0.25, 0.3) is 11.2 Å². The van der Waals surface area contributed by atoms with Crippen molar-refractivity contribution >= 4 is 35.0 Å². The molecule has 0 aliphatic rings. The van der Waals surface area contributed by atoms with Gasteiger partial charge in [0.1, 0.15) is 5.69 Å². The molecule has 126 valence electrons. The zero-order valence-corrected chi connectivity index (χ0v) is 14.1. The van der Waals surface area contributed by atoms with Crippen LogP contribution in [0.15, 0.2) is 28.2 Å². The number of nitrogens with zero attached hydrogens (tertiary/aromatic N) is 4. The molecule has 2 aromatic rings. The number of carbonyl (C=O) groups excluding carboxylic acids is 1. The molecule has 1 aromatic carbocycles. The summed E-state index contributed by atoms with van der Waals surface area (Å²) in [6.07, 6.45) is 1.69. The number of aromatic nitrogens is 3. The first-order chi connectivity index (χ1) is 11.3. The fourth-order valence-electron chi connectivity index (χ4n) is 1.75. The number of ether oxygens (including phenoxy) is 1. The van der Waals surface area contributed by atoms with Crippen molar-refractivity contribution in [1.29, 1.82) is 0 Å². The third-order valence-corrected chi connectivity index (χ3v) is 3.96. The summed E-state index contributed by atoms with van der Waals surface area (Å²) >= 11 is 7.03. The summed E-state index contributed by atoms with van der Waals surface area (Å²) in [5.74, 6) is -0.892. The summed E-state index contributed by atoms with van der Waals surface area (Å²) in [7, 11) is 0. The van der Waals surface area contributed by atoms with Crippen molar-refractivity contribution in [2.75, 3.05) is 6.26 Å². The maximum Gasteiger partial charge on any atom is 0.341 e. The number of non-ortho nitro benzene ring substituents is 1. The van der Waals surface area contributed by atoms with E-state index >= 15 is 0 Å². The van der Waals surface area contributed by atoms with E-state index in [1.807, 2.05) is 0 Å². The molecule has 2 rings (SSSR count). The molecule has 0 bridgehead atoms. The first-order valence-corrected chi connectivity index (χ1v) is 8.04. The van der Waals surface area contributed by atoms with Gasteiger partial charge in [0.2, 0.25) is 0 Å². The molecular weight excluding hydrogens is 360 g/mol. The van der Waals surface area contributed by atoms with Crippen LogP contribution in [0, 0.1) is 17.0 Å². The van der Waals surface area contributed by atoms with E-state index in [9.17, 15) is 19.7 Å². The van der Waals surface area contributed by atoms with Gasteiger partial charge in [-0.1, -0.05) is 23.4 Å². The second-order valence-corrected chi connectivity index (χ2v) is 5.67. The second-order valence-electron chi connectivity index (χ2n) is 4.49. The Morgan fingerprint density at radius 1 is 1.46 bits per heavy atom. The van der Waals surface area contributed by atoms with E-state index in [1.165, 1.54) is 19.1 Å². The van der Waals surface area contributed by atoms with Gasteiger partial charge in [0, 0.05) is 12.1 Å². The van der Waals surface area contributed by atoms with E-state index in [1.54, 1.807) is 6.26 Å². The molecular formula is C13H11ClN4O5S. The van der Waals surface area contributed by atoms with Crippen molar-refractivity contribution in [2.24, 2.45) is 0 Å². The normalized spacial score (nSPS) is 10.5. The number of rotatable bonds is 5. The van der Waals surface area contributed by atoms with Gasteiger partial charge in [-0.3, -0.25) is 14.9 Å². The fourth-order valence-corrected chi connectivity index (χ4v) is 2.42. The number of hydrogen-bond acceptors (Lipinski definition) is 8. The van der Waals surface area contributed by atoms with Crippen LogP contribution in [0.25, 0.3) is 0 Å². The molecule has 0 amide bonds. The molecule has 0 radical (unpaired) electrons. The summed E-state index contributed by atoms with van der Waals surface area (Å²) in [5.41, 5.74) is -0.761. The highest BCUT2D eigenvalue weighted by molar-refractivity contribution is 7.98. The van der Waals surface area contributed by atoms with Gasteiger partial charge in [-0.25, -0.2) is 9.36 Å². The fraction of sp³-hybridized carbons (Fsp3) is 0.231. The van der Waals surface area contributed by atoms with Crippen molar-refractivity contribution in [2.45, 2.75) is 18.8 Å². The number of nitro benzene ring substituents is 1. The predicted molar refractivity (Wildman–Crippen MR) is 86.3 cm³/mol. The standard InChI is InChI=1S/C13H11ClN4O5S/c1-7-11(19)17(13(24-2)16-15-7)6-23-12(20)9-5-8(18(21)22)3-4-10(9)14/h3-5H,6H2,1-2H3. The molecule has 0 saturated carbocycles. The Morgan fingerprint density at radius 2 is 2.17 bits per heavy atom. The highest BCUT2D eigenvalue weighted by Crippen LogP contribution is 2.23. The lowest BCUT2D eigenvalue weighted by Gasteiger charge is -2.11. The number of aryl methyl sites for hydroxylation is 1. The Bertz CT molecular complexity index is 870. The molecule has 9 nitrogen and oxygen atoms in total. The van der Waals surface area contributed by atoms with Crippen molar-refractivity contribution in [3.05, 3.63) is 54.9 Å². The average Bonchev–Trinajstić information content (AvgIpc) is 2.56. The topological polar surface area (TPSA) is 117 Å². The van der Waals surface area contributed by atoms with Gasteiger partial charge < -0.3 is 4.74 Å². The summed E-state index contributed by atoms with van der Waals surface area (Å²) < 4.78 is 6.18. The smallest absolute Gasteiger partial charge is 0.341 e. The SMILES string of the molecule is CSc1nnc(C)c(=O)n1COC(=O)c1cc([N+](=O)[O-])ccc1Cl. The van der Waals surface area contributed by atoms with Crippen molar-refractivity contribution < 1.29 is 14.5 Å². The Hall–Kier alpha value is -2.46. The highest BCUT2D eigenvalue weighted by Gasteiger charge is 2.18. The molecule has 0 aliphatic heterocycles. The molecule has 1 aromatic heterocycles. The van der Waals surface area contributed by atoms with Crippen molar-refractivity contribution in [3.63, 3.8) is 0 Å². The van der Waals surface area contributed by atoms with Crippen LogP contribution in [-0.4, -0.2) is 31.9 Å². The van der Waals surface area contributed by atoms with Gasteiger partial charge in [-0.05, 0) is 19.2 Å². The Labute approximate surface area is 144 Å². The van der Waals surface area contributed by atoms with Crippen LogP contribution in [0.4, 0.5) is 5.69 Å². The van der Waals surface area contributed by atoms with Gasteiger partial charge in [0.05, 0.1) is 15.5 Å². The van der Waals surface area contributed by atoms with Crippen molar-refractivity contribution in [1.82, 2.24) is 14.8 Å². The summed E-state index contributed by atoms with van der Waals surface area (Å²) in [5, 5.41) is 18.6.